The number of nitrogens with two attached hydrogens (primary N) is 1. The van der Waals surface area contributed by atoms with Crippen molar-refractivity contribution in [3.05, 3.63) is 90.3 Å². The van der Waals surface area contributed by atoms with Gasteiger partial charge in [-0.15, -0.1) is 0 Å². The number of allylic oxidation sites excluding steroid dienone is 3. The van der Waals surface area contributed by atoms with E-state index in [1.165, 1.54) is 18.5 Å². The molecule has 0 atom stereocenters. The summed E-state index contributed by atoms with van der Waals surface area (Å²) in [6, 6.07) is 14.7. The number of fused-ring (bicyclic) bond motifs is 1. The number of hydrogen-bond acceptors (Lipinski definition) is 4. The van der Waals surface area contributed by atoms with Crippen molar-refractivity contribution in [2.24, 2.45) is 5.73 Å². The summed E-state index contributed by atoms with van der Waals surface area (Å²) in [6.45, 7) is 2.03. The molecule has 3 heterocycles. The zero-order valence-electron chi connectivity index (χ0n) is 16.1. The van der Waals surface area contributed by atoms with Gasteiger partial charge in [0.2, 0.25) is 0 Å². The Balaban J connectivity index is 1.98. The summed E-state index contributed by atoms with van der Waals surface area (Å²) in [5.41, 5.74) is 11.2. The fourth-order valence-corrected chi connectivity index (χ4v) is 3.19. The van der Waals surface area contributed by atoms with Gasteiger partial charge in [-0.05, 0) is 0 Å². The maximum absolute atomic E-state index is 13.3. The van der Waals surface area contributed by atoms with Crippen LogP contribution < -0.4 is 5.73 Å². The van der Waals surface area contributed by atoms with Crippen LogP contribution in [0.2, 0.25) is 0 Å². The molecule has 152 valence electrons. The number of halogens is 1. The van der Waals surface area contributed by atoms with E-state index in [2.05, 4.69) is 20.0 Å². The van der Waals surface area contributed by atoms with E-state index in [0.29, 0.717) is 33.9 Å². The van der Waals surface area contributed by atoms with Gasteiger partial charge in [0.15, 0.2) is 0 Å². The second kappa shape index (κ2) is 8.51. The molecule has 0 saturated carbocycles. The summed E-state index contributed by atoms with van der Waals surface area (Å²) in [6.07, 6.45) is 6.24. The summed E-state index contributed by atoms with van der Waals surface area (Å²) in [5.74, 6) is 0.252. The van der Waals surface area contributed by atoms with E-state index in [4.69, 9.17) is 15.7 Å². The Hall–Kier alpha value is -3.44. The van der Waals surface area contributed by atoms with Crippen LogP contribution in [0.15, 0.2) is 73.1 Å². The van der Waals surface area contributed by atoms with E-state index in [-0.39, 0.29) is 0 Å². The summed E-state index contributed by atoms with van der Waals surface area (Å²) >= 11 is 4.60. The quantitative estimate of drug-likeness (QED) is 0.373. The van der Waals surface area contributed by atoms with Crippen LogP contribution in [-0.2, 0) is 15.0 Å². The molecule has 0 radical (unpaired) electrons. The van der Waals surface area contributed by atoms with E-state index in [0.717, 1.165) is 11.3 Å². The molecule has 0 aliphatic heterocycles. The molecule has 4 rings (SSSR count). The van der Waals surface area contributed by atoms with Crippen LogP contribution in [0.4, 0.5) is 4.39 Å². The Labute approximate surface area is 180 Å². The van der Waals surface area contributed by atoms with Gasteiger partial charge < -0.3 is 0 Å². The van der Waals surface area contributed by atoms with Crippen LogP contribution in [0.25, 0.3) is 33.8 Å². The number of hydrogen-bond donors (Lipinski definition) is 1. The first-order chi connectivity index (χ1) is 14.6. The molecule has 3 aromatic heterocycles. The third kappa shape index (κ3) is 3.84. The number of nitrogens with zero attached hydrogens (tertiary/aromatic N) is 4. The Morgan fingerprint density at radius 1 is 1.03 bits per heavy atom. The molecular weight excluding hydrogens is 424 g/mol. The molecule has 1 aromatic carbocycles. The van der Waals surface area contributed by atoms with Crippen molar-refractivity contribution in [3.63, 3.8) is 0 Å². The third-order valence-corrected chi connectivity index (χ3v) is 4.75. The molecule has 0 spiro atoms. The SMILES string of the molecule is Cc1ccc(-n2c(C(=CN)/C=C\[CH]=[Ni])nc3ccc(-c4ccc(F)cn4)nc32)cc1. The maximum atomic E-state index is 13.3. The fraction of sp³-hybridized carbons (Fsp3) is 0.0435. The Morgan fingerprint density at radius 3 is 2.47 bits per heavy atom. The van der Waals surface area contributed by atoms with Gasteiger partial charge in [-0.1, -0.05) is 0 Å². The number of rotatable bonds is 5. The van der Waals surface area contributed by atoms with Crippen LogP contribution in [-0.4, -0.2) is 24.5 Å². The van der Waals surface area contributed by atoms with Gasteiger partial charge in [-0.25, -0.2) is 4.39 Å². The predicted octanol–water partition coefficient (Wildman–Crippen LogP) is 4.13. The van der Waals surface area contributed by atoms with Crippen molar-refractivity contribution in [2.45, 2.75) is 6.92 Å². The minimum absolute atomic E-state index is 0.393. The van der Waals surface area contributed by atoms with E-state index in [1.807, 2.05) is 54.0 Å². The second-order valence-electron chi connectivity index (χ2n) is 6.59. The Morgan fingerprint density at radius 2 is 1.80 bits per heavy atom. The first-order valence-electron chi connectivity index (χ1n) is 9.18. The van der Waals surface area contributed by atoms with Gasteiger partial charge in [-0.2, -0.15) is 0 Å². The molecule has 0 unspecified atom stereocenters. The standard InChI is InChI=1S/C23H18FN5.Ni/c1-3-4-16(13-25)22-28-21-12-11-20(19-10-7-17(24)14-26-19)27-23(21)29(22)18-8-5-15(2)6-9-18;/h1,3-14H,25H2,2H3;/b4-3-,16-13?;. The average Bonchev–Trinajstić information content (AvgIpc) is 3.14. The molecule has 0 fully saturated rings. The minimum atomic E-state index is -0.393. The molecule has 0 bridgehead atoms. The van der Waals surface area contributed by atoms with Crippen LogP contribution in [0.3, 0.4) is 0 Å². The van der Waals surface area contributed by atoms with Crippen LogP contribution >= 0.6 is 0 Å². The van der Waals surface area contributed by atoms with Gasteiger partial charge in [0, 0.05) is 0 Å². The average molecular weight is 442 g/mol. The zero-order chi connectivity index (χ0) is 21.1. The molecule has 0 saturated heterocycles. The van der Waals surface area contributed by atoms with Crippen molar-refractivity contribution in [3.8, 4) is 17.1 Å². The van der Waals surface area contributed by atoms with Crippen LogP contribution in [0.1, 0.15) is 11.4 Å². The van der Waals surface area contributed by atoms with Crippen LogP contribution in [0, 0.1) is 12.7 Å². The van der Waals surface area contributed by atoms with E-state index in [9.17, 15) is 4.39 Å². The second-order valence-corrected chi connectivity index (χ2v) is 6.92. The number of aryl methyl sites for hydroxylation is 1. The fourth-order valence-electron chi connectivity index (χ4n) is 3.10. The van der Waals surface area contributed by atoms with Crippen LogP contribution in [0.5, 0.6) is 0 Å². The molecular formula is C23H18FN5Ni. The third-order valence-electron chi connectivity index (χ3n) is 4.56. The first kappa shape index (κ1) is 19.9. The topological polar surface area (TPSA) is 69.6 Å². The van der Waals surface area contributed by atoms with Crippen molar-refractivity contribution in [1.82, 2.24) is 19.5 Å². The molecule has 0 aliphatic carbocycles. The monoisotopic (exact) mass is 441 g/mol. The van der Waals surface area contributed by atoms with Gasteiger partial charge in [0.25, 0.3) is 0 Å². The molecule has 2 N–H and O–H groups in total. The summed E-state index contributed by atoms with van der Waals surface area (Å²) in [5, 5.41) is 0. The van der Waals surface area contributed by atoms with Crippen molar-refractivity contribution < 1.29 is 19.4 Å². The molecule has 4 aromatic rings. The van der Waals surface area contributed by atoms with E-state index < -0.39 is 5.82 Å². The Bertz CT molecular complexity index is 1270. The number of benzene rings is 1. The molecule has 30 heavy (non-hydrogen) atoms. The summed E-state index contributed by atoms with van der Waals surface area (Å²) < 4.78 is 15.2. The number of aromatic nitrogens is 4. The summed E-state index contributed by atoms with van der Waals surface area (Å²) in [4.78, 5) is 15.2. The molecule has 7 heteroatoms. The van der Waals surface area contributed by atoms with Crippen molar-refractivity contribution >= 4 is 21.7 Å². The zero-order valence-corrected chi connectivity index (χ0v) is 17.1. The van der Waals surface area contributed by atoms with Gasteiger partial charge in [0.1, 0.15) is 5.82 Å². The van der Waals surface area contributed by atoms with Gasteiger partial charge in [0.05, 0.1) is 0 Å². The Kier molecular flexibility index (Phi) is 5.64. The van der Waals surface area contributed by atoms with E-state index >= 15 is 0 Å². The molecule has 5 nitrogen and oxygen atoms in total. The predicted molar refractivity (Wildman–Crippen MR) is 114 cm³/mol. The van der Waals surface area contributed by atoms with Gasteiger partial charge >= 0.3 is 170 Å². The van der Waals surface area contributed by atoms with E-state index in [1.54, 1.807) is 17.1 Å². The molecule has 0 aliphatic rings. The van der Waals surface area contributed by atoms with Crippen molar-refractivity contribution in [1.29, 1.82) is 0 Å². The number of pyridine rings is 2. The molecule has 0 amide bonds. The number of imidazole rings is 1. The van der Waals surface area contributed by atoms with Crippen molar-refractivity contribution in [2.75, 3.05) is 0 Å². The first-order valence-corrected chi connectivity index (χ1v) is 9.75. The summed E-state index contributed by atoms with van der Waals surface area (Å²) in [7, 11) is 0. The normalized spacial score (nSPS) is 12.1. The van der Waals surface area contributed by atoms with Gasteiger partial charge in [-0.3, -0.25) is 0 Å².